The van der Waals surface area contributed by atoms with Crippen LogP contribution in [0.4, 0.5) is 18.9 Å². The maximum Gasteiger partial charge on any atom is 0.416 e. The van der Waals surface area contributed by atoms with Crippen molar-refractivity contribution in [1.29, 1.82) is 0 Å². The van der Waals surface area contributed by atoms with Crippen molar-refractivity contribution in [2.24, 2.45) is 0 Å². The van der Waals surface area contributed by atoms with Gasteiger partial charge in [0.1, 0.15) is 6.54 Å². The highest BCUT2D eigenvalue weighted by Crippen LogP contribution is 2.30. The number of carbonyl (C=O) groups is 3. The van der Waals surface area contributed by atoms with Crippen LogP contribution in [0, 0.1) is 0 Å². The number of benzene rings is 2. The summed E-state index contributed by atoms with van der Waals surface area (Å²) in [5.41, 5.74) is -0.517. The van der Waals surface area contributed by atoms with Gasteiger partial charge in [0.25, 0.3) is 11.8 Å². The van der Waals surface area contributed by atoms with Crippen molar-refractivity contribution in [2.75, 3.05) is 31.7 Å². The Morgan fingerprint density at radius 1 is 0.909 bits per heavy atom. The van der Waals surface area contributed by atoms with Gasteiger partial charge < -0.3 is 24.8 Å². The Kier molecular flexibility index (Phi) is 9.08. The summed E-state index contributed by atoms with van der Waals surface area (Å²) in [6.07, 6.45) is -4.49. The van der Waals surface area contributed by atoms with E-state index in [2.05, 4.69) is 10.6 Å². The van der Waals surface area contributed by atoms with Crippen LogP contribution in [-0.4, -0.2) is 44.1 Å². The zero-order valence-electron chi connectivity index (χ0n) is 18.0. The molecule has 0 atom stereocenters. The van der Waals surface area contributed by atoms with Gasteiger partial charge in [-0.25, -0.2) is 0 Å². The standard InChI is InChI=1S/C22H23F3N2O6/c1-3-31-17-10-5-14(11-18(17)32-4-2)21(30)26-12-20(29)33-13-19(28)27-16-8-6-15(7-9-16)22(23,24)25/h5-11H,3-4,12-13H2,1-2H3,(H,26,30)(H,27,28). The second-order valence-corrected chi connectivity index (χ2v) is 6.49. The lowest BCUT2D eigenvalue weighted by Crippen LogP contribution is -2.32. The topological polar surface area (TPSA) is 103 Å². The van der Waals surface area contributed by atoms with Gasteiger partial charge in [-0.05, 0) is 56.3 Å². The molecule has 0 unspecified atom stereocenters. The van der Waals surface area contributed by atoms with Gasteiger partial charge >= 0.3 is 12.1 Å². The Hall–Kier alpha value is -3.76. The molecule has 0 aliphatic heterocycles. The van der Waals surface area contributed by atoms with E-state index in [0.717, 1.165) is 24.3 Å². The van der Waals surface area contributed by atoms with Crippen LogP contribution in [0.25, 0.3) is 0 Å². The Balaban J connectivity index is 1.81. The van der Waals surface area contributed by atoms with E-state index in [4.69, 9.17) is 14.2 Å². The van der Waals surface area contributed by atoms with E-state index in [-0.39, 0.29) is 11.3 Å². The molecule has 2 amide bonds. The highest BCUT2D eigenvalue weighted by Gasteiger charge is 2.30. The third-order valence-corrected chi connectivity index (χ3v) is 4.06. The van der Waals surface area contributed by atoms with Crippen molar-refractivity contribution in [1.82, 2.24) is 5.32 Å². The molecule has 2 aromatic carbocycles. The summed E-state index contributed by atoms with van der Waals surface area (Å²) in [5.74, 6) is -1.32. The molecule has 0 bridgehead atoms. The maximum absolute atomic E-state index is 12.5. The zero-order valence-corrected chi connectivity index (χ0v) is 18.0. The summed E-state index contributed by atoms with van der Waals surface area (Å²) < 4.78 is 53.3. The molecule has 0 saturated carbocycles. The lowest BCUT2D eigenvalue weighted by molar-refractivity contribution is -0.146. The van der Waals surface area contributed by atoms with Crippen LogP contribution in [-0.2, 0) is 20.5 Å². The number of esters is 1. The quantitative estimate of drug-likeness (QED) is 0.518. The zero-order chi connectivity index (χ0) is 24.4. The van der Waals surface area contributed by atoms with Gasteiger partial charge in [-0.3, -0.25) is 14.4 Å². The first-order valence-electron chi connectivity index (χ1n) is 9.94. The van der Waals surface area contributed by atoms with Crippen LogP contribution < -0.4 is 20.1 Å². The lowest BCUT2D eigenvalue weighted by atomic mass is 10.2. The molecule has 0 spiro atoms. The average molecular weight is 468 g/mol. The number of amides is 2. The molecule has 2 aromatic rings. The molecule has 0 aliphatic carbocycles. The number of hydrogen-bond acceptors (Lipinski definition) is 6. The van der Waals surface area contributed by atoms with Gasteiger partial charge in [0, 0.05) is 11.3 Å². The smallest absolute Gasteiger partial charge is 0.416 e. The molecule has 33 heavy (non-hydrogen) atoms. The number of rotatable bonds is 10. The third kappa shape index (κ3) is 8.02. The van der Waals surface area contributed by atoms with Crippen molar-refractivity contribution >= 4 is 23.5 Å². The van der Waals surface area contributed by atoms with E-state index in [1.54, 1.807) is 13.0 Å². The number of alkyl halides is 3. The summed E-state index contributed by atoms with van der Waals surface area (Å²) in [4.78, 5) is 35.9. The molecule has 2 rings (SSSR count). The monoisotopic (exact) mass is 468 g/mol. The first-order chi connectivity index (χ1) is 15.6. The molecule has 11 heteroatoms. The molecule has 0 aromatic heterocycles. The average Bonchev–Trinajstić information content (AvgIpc) is 2.77. The van der Waals surface area contributed by atoms with Crippen molar-refractivity contribution in [3.05, 3.63) is 53.6 Å². The van der Waals surface area contributed by atoms with E-state index >= 15 is 0 Å². The van der Waals surface area contributed by atoms with Crippen LogP contribution in [0.2, 0.25) is 0 Å². The van der Waals surface area contributed by atoms with E-state index in [1.165, 1.54) is 12.1 Å². The van der Waals surface area contributed by atoms with Crippen LogP contribution in [0.3, 0.4) is 0 Å². The molecular formula is C22H23F3N2O6. The normalized spacial score (nSPS) is 10.8. The third-order valence-electron chi connectivity index (χ3n) is 4.06. The second-order valence-electron chi connectivity index (χ2n) is 6.49. The minimum atomic E-state index is -4.49. The predicted molar refractivity (Wildman–Crippen MR) is 112 cm³/mol. The first kappa shape index (κ1) is 25.5. The fourth-order valence-electron chi connectivity index (χ4n) is 2.58. The molecular weight excluding hydrogens is 445 g/mol. The number of halogens is 3. The maximum atomic E-state index is 12.5. The number of anilines is 1. The molecule has 178 valence electrons. The number of hydrogen-bond donors (Lipinski definition) is 2. The van der Waals surface area contributed by atoms with Gasteiger partial charge in [-0.1, -0.05) is 0 Å². The Bertz CT molecular complexity index is 977. The highest BCUT2D eigenvalue weighted by molar-refractivity contribution is 5.97. The second kappa shape index (κ2) is 11.7. The predicted octanol–water partition coefficient (Wildman–Crippen LogP) is 3.41. The SMILES string of the molecule is CCOc1ccc(C(=O)NCC(=O)OCC(=O)Nc2ccc(C(F)(F)F)cc2)cc1OCC. The summed E-state index contributed by atoms with van der Waals surface area (Å²) >= 11 is 0. The Labute approximate surface area is 188 Å². The van der Waals surface area contributed by atoms with Crippen molar-refractivity contribution < 1.29 is 41.8 Å². The van der Waals surface area contributed by atoms with Gasteiger partial charge in [0.15, 0.2) is 18.1 Å². The minimum Gasteiger partial charge on any atom is -0.490 e. The van der Waals surface area contributed by atoms with Gasteiger partial charge in [0.2, 0.25) is 0 Å². The largest absolute Gasteiger partial charge is 0.490 e. The van der Waals surface area contributed by atoms with Crippen LogP contribution >= 0.6 is 0 Å². The van der Waals surface area contributed by atoms with E-state index < -0.39 is 42.7 Å². The summed E-state index contributed by atoms with van der Waals surface area (Å²) in [5, 5.41) is 4.67. The fourth-order valence-corrected chi connectivity index (χ4v) is 2.58. The molecule has 8 nitrogen and oxygen atoms in total. The Morgan fingerprint density at radius 3 is 2.15 bits per heavy atom. The molecule has 0 fully saturated rings. The molecule has 0 saturated heterocycles. The van der Waals surface area contributed by atoms with Gasteiger partial charge in [-0.2, -0.15) is 13.2 Å². The Morgan fingerprint density at radius 2 is 1.55 bits per heavy atom. The van der Waals surface area contributed by atoms with Gasteiger partial charge in [-0.15, -0.1) is 0 Å². The molecule has 0 heterocycles. The van der Waals surface area contributed by atoms with Crippen molar-refractivity contribution in [3.63, 3.8) is 0 Å². The van der Waals surface area contributed by atoms with Crippen LogP contribution in [0.15, 0.2) is 42.5 Å². The molecule has 0 radical (unpaired) electrons. The van der Waals surface area contributed by atoms with E-state index in [1.807, 2.05) is 6.92 Å². The summed E-state index contributed by atoms with van der Waals surface area (Å²) in [7, 11) is 0. The fraction of sp³-hybridized carbons (Fsp3) is 0.318. The van der Waals surface area contributed by atoms with Crippen molar-refractivity contribution in [2.45, 2.75) is 20.0 Å². The van der Waals surface area contributed by atoms with E-state index in [0.29, 0.717) is 24.7 Å². The lowest BCUT2D eigenvalue weighted by Gasteiger charge is -2.12. The van der Waals surface area contributed by atoms with Gasteiger partial charge in [0.05, 0.1) is 18.8 Å². The number of carbonyl (C=O) groups excluding carboxylic acids is 3. The summed E-state index contributed by atoms with van der Waals surface area (Å²) in [6.45, 7) is 3.21. The summed E-state index contributed by atoms with van der Waals surface area (Å²) in [6, 6.07) is 8.35. The minimum absolute atomic E-state index is 0.109. The number of nitrogens with one attached hydrogen (secondary N) is 2. The highest BCUT2D eigenvalue weighted by atomic mass is 19.4. The molecule has 0 aliphatic rings. The first-order valence-corrected chi connectivity index (χ1v) is 9.94. The van der Waals surface area contributed by atoms with Crippen LogP contribution in [0.1, 0.15) is 29.8 Å². The van der Waals surface area contributed by atoms with Crippen LogP contribution in [0.5, 0.6) is 11.5 Å². The number of ether oxygens (including phenoxy) is 3. The van der Waals surface area contributed by atoms with Crippen molar-refractivity contribution in [3.8, 4) is 11.5 Å². The van der Waals surface area contributed by atoms with E-state index in [9.17, 15) is 27.6 Å². The molecule has 2 N–H and O–H groups in total.